The van der Waals surface area contributed by atoms with Gasteiger partial charge >= 0.3 is 0 Å². The number of aromatic nitrogens is 2. The van der Waals surface area contributed by atoms with Crippen molar-refractivity contribution in [1.82, 2.24) is 9.97 Å². The molecule has 5 nitrogen and oxygen atoms in total. The minimum atomic E-state index is -0.472. The monoisotopic (exact) mass is 235 g/mol. The summed E-state index contributed by atoms with van der Waals surface area (Å²) in [7, 11) is 1.45. The molecule has 0 atom stereocenters. The Hall–Kier alpha value is -1.91. The molecule has 0 N–H and O–H groups in total. The Bertz CT molecular complexity index is 439. The Morgan fingerprint density at radius 2 is 2.31 bits per heavy atom. The second-order valence-corrected chi connectivity index (χ2v) is 2.99. The average Bonchev–Trinajstić information content (AvgIpc) is 2.30. The number of carbonyl (C=O) groups is 1. The largest absolute Gasteiger partial charge is 0.504 e. The van der Waals surface area contributed by atoms with Crippen LogP contribution >= 0.6 is 12.2 Å². The quantitative estimate of drug-likeness (QED) is 0.339. The van der Waals surface area contributed by atoms with Gasteiger partial charge in [-0.05, 0) is 17.8 Å². The second-order valence-electron chi connectivity index (χ2n) is 2.81. The molecule has 0 radical (unpaired) electrons. The maximum absolute atomic E-state index is 11.5. The smallest absolute Gasteiger partial charge is 0.285 e. The highest BCUT2D eigenvalue weighted by Gasteiger charge is 2.09. The number of hydrogen-bond donors (Lipinski definition) is 0. The van der Waals surface area contributed by atoms with E-state index in [0.717, 1.165) is 5.56 Å². The van der Waals surface area contributed by atoms with Gasteiger partial charge in [0.05, 0.1) is 24.1 Å². The fourth-order valence-corrected chi connectivity index (χ4v) is 1.15. The summed E-state index contributed by atoms with van der Waals surface area (Å²) in [6.07, 6.45) is 6.32. The summed E-state index contributed by atoms with van der Waals surface area (Å²) >= 11 is 4.37. The molecule has 0 unspecified atom stereocenters. The molecule has 0 aliphatic carbocycles. The van der Waals surface area contributed by atoms with Gasteiger partial charge in [-0.2, -0.15) is 4.99 Å². The van der Waals surface area contributed by atoms with Crippen LogP contribution < -0.4 is 0 Å². The third-order valence-electron chi connectivity index (χ3n) is 1.69. The van der Waals surface area contributed by atoms with Crippen LogP contribution in [0.25, 0.3) is 0 Å². The van der Waals surface area contributed by atoms with Gasteiger partial charge in [-0.25, -0.2) is 9.97 Å². The number of aliphatic imine (C=N–C) groups is 1. The molecular weight excluding hydrogens is 226 g/mol. The molecule has 1 amide bonds. The topological polar surface area (TPSA) is 64.4 Å². The highest BCUT2D eigenvalue weighted by Crippen LogP contribution is 2.07. The Labute approximate surface area is 97.9 Å². The number of hydrogen-bond acceptors (Lipinski definition) is 5. The zero-order valence-electron chi connectivity index (χ0n) is 8.58. The fourth-order valence-electron chi connectivity index (χ4n) is 1.06. The van der Waals surface area contributed by atoms with Crippen molar-refractivity contribution in [3.8, 4) is 0 Å². The van der Waals surface area contributed by atoms with Gasteiger partial charge in [0.2, 0.25) is 0 Å². The van der Waals surface area contributed by atoms with E-state index in [1.807, 2.05) is 5.16 Å². The van der Waals surface area contributed by atoms with Crippen molar-refractivity contribution in [2.45, 2.75) is 6.42 Å². The molecule has 0 saturated carbocycles. The first kappa shape index (κ1) is 12.2. The lowest BCUT2D eigenvalue weighted by molar-refractivity contribution is -0.114. The molecule has 0 aliphatic rings. The summed E-state index contributed by atoms with van der Waals surface area (Å²) in [5.74, 6) is -0.472. The Kier molecular flexibility index (Phi) is 4.98. The van der Waals surface area contributed by atoms with Crippen LogP contribution in [0.2, 0.25) is 0 Å². The molecule has 16 heavy (non-hydrogen) atoms. The van der Waals surface area contributed by atoms with E-state index in [1.165, 1.54) is 19.7 Å². The van der Waals surface area contributed by atoms with E-state index in [-0.39, 0.29) is 0 Å². The molecule has 0 bridgehead atoms. The maximum atomic E-state index is 11.5. The van der Waals surface area contributed by atoms with Crippen molar-refractivity contribution in [2.24, 2.45) is 4.99 Å². The third-order valence-corrected chi connectivity index (χ3v) is 1.78. The fraction of sp³-hybridized carbons (Fsp3) is 0.200. The summed E-state index contributed by atoms with van der Waals surface area (Å²) in [6.45, 7) is 0. The predicted octanol–water partition coefficient (Wildman–Crippen LogP) is 1.18. The van der Waals surface area contributed by atoms with Gasteiger partial charge < -0.3 is 4.74 Å². The van der Waals surface area contributed by atoms with Gasteiger partial charge in [-0.1, -0.05) is 0 Å². The minimum absolute atomic E-state index is 0.341. The van der Waals surface area contributed by atoms with E-state index in [2.05, 4.69) is 27.2 Å². The zero-order chi connectivity index (χ0) is 11.8. The van der Waals surface area contributed by atoms with E-state index < -0.39 is 5.91 Å². The summed E-state index contributed by atoms with van der Waals surface area (Å²) in [6, 6.07) is 0. The van der Waals surface area contributed by atoms with Gasteiger partial charge in [0.25, 0.3) is 5.91 Å². The molecule has 1 aromatic heterocycles. The van der Waals surface area contributed by atoms with E-state index >= 15 is 0 Å². The number of isothiocyanates is 1. The van der Waals surface area contributed by atoms with Crippen LogP contribution in [0.1, 0.15) is 5.56 Å². The molecule has 82 valence electrons. The average molecular weight is 235 g/mol. The van der Waals surface area contributed by atoms with Gasteiger partial charge in [0, 0.05) is 18.8 Å². The first-order valence-corrected chi connectivity index (χ1v) is 4.76. The molecule has 6 heteroatoms. The molecule has 0 fully saturated rings. The maximum Gasteiger partial charge on any atom is 0.285 e. The highest BCUT2D eigenvalue weighted by molar-refractivity contribution is 7.78. The molecule has 1 aromatic rings. The third kappa shape index (κ3) is 3.68. The van der Waals surface area contributed by atoms with Gasteiger partial charge in [-0.3, -0.25) is 4.79 Å². The molecule has 0 saturated heterocycles. The van der Waals surface area contributed by atoms with Crippen LogP contribution in [0.4, 0.5) is 0 Å². The second kappa shape index (κ2) is 6.55. The van der Waals surface area contributed by atoms with Crippen molar-refractivity contribution in [2.75, 3.05) is 7.11 Å². The summed E-state index contributed by atoms with van der Waals surface area (Å²) < 4.78 is 4.80. The molecule has 0 spiro atoms. The highest BCUT2D eigenvalue weighted by atomic mass is 32.1. The normalized spacial score (nSPS) is 10.4. The zero-order valence-corrected chi connectivity index (χ0v) is 9.40. The number of thiocarbonyl (C=S) groups is 1. The number of ether oxygens (including phenoxy) is 1. The van der Waals surface area contributed by atoms with E-state index in [9.17, 15) is 4.79 Å². The van der Waals surface area contributed by atoms with E-state index in [0.29, 0.717) is 12.0 Å². The number of nitrogens with zero attached hydrogens (tertiary/aromatic N) is 3. The van der Waals surface area contributed by atoms with Crippen molar-refractivity contribution in [1.29, 1.82) is 0 Å². The van der Waals surface area contributed by atoms with Gasteiger partial charge in [0.15, 0.2) is 0 Å². The minimum Gasteiger partial charge on any atom is -0.504 e. The van der Waals surface area contributed by atoms with Crippen molar-refractivity contribution < 1.29 is 9.53 Å². The molecule has 0 aliphatic heterocycles. The van der Waals surface area contributed by atoms with E-state index in [1.54, 1.807) is 12.4 Å². The molecule has 1 rings (SSSR count). The van der Waals surface area contributed by atoms with Crippen LogP contribution in [-0.2, 0) is 16.0 Å². The summed E-state index contributed by atoms with van der Waals surface area (Å²) in [5.41, 5.74) is 1.16. The van der Waals surface area contributed by atoms with Crippen LogP contribution in [-0.4, -0.2) is 28.1 Å². The van der Waals surface area contributed by atoms with Crippen molar-refractivity contribution in [3.63, 3.8) is 0 Å². The SMILES string of the molecule is CO/C=C(/Cc1cncnc1)C(=O)N=C=S. The molecule has 0 aromatic carbocycles. The number of rotatable bonds is 4. The number of carbonyl (C=O) groups excluding carboxylic acids is 1. The standard InChI is InChI=1S/C10H9N3O2S/c1-15-5-9(10(14)13-7-16)2-8-3-11-6-12-4-8/h3-6H,2H2,1H3/b9-5-. The summed E-state index contributed by atoms with van der Waals surface area (Å²) in [5, 5.41) is 2.02. The first-order chi connectivity index (χ1) is 7.77. The van der Waals surface area contributed by atoms with Gasteiger partial charge in [-0.15, -0.1) is 0 Å². The first-order valence-electron chi connectivity index (χ1n) is 4.36. The van der Waals surface area contributed by atoms with Crippen LogP contribution in [0.15, 0.2) is 35.5 Å². The Balaban J connectivity index is 2.85. The lowest BCUT2D eigenvalue weighted by Crippen LogP contribution is -2.03. The molecule has 1 heterocycles. The Morgan fingerprint density at radius 1 is 1.62 bits per heavy atom. The predicted molar refractivity (Wildman–Crippen MR) is 60.9 cm³/mol. The van der Waals surface area contributed by atoms with Crippen LogP contribution in [0, 0.1) is 0 Å². The summed E-state index contributed by atoms with van der Waals surface area (Å²) in [4.78, 5) is 22.5. The number of methoxy groups -OCH3 is 1. The van der Waals surface area contributed by atoms with Gasteiger partial charge in [0.1, 0.15) is 6.33 Å². The lowest BCUT2D eigenvalue weighted by Gasteiger charge is -2.01. The lowest BCUT2D eigenvalue weighted by atomic mass is 10.1. The van der Waals surface area contributed by atoms with Crippen molar-refractivity contribution >= 4 is 23.3 Å². The molecular formula is C10H9N3O2S. The van der Waals surface area contributed by atoms with Crippen LogP contribution in [0.5, 0.6) is 0 Å². The van der Waals surface area contributed by atoms with Crippen LogP contribution in [0.3, 0.4) is 0 Å². The van der Waals surface area contributed by atoms with Crippen molar-refractivity contribution in [3.05, 3.63) is 36.1 Å². The van der Waals surface area contributed by atoms with E-state index in [4.69, 9.17) is 4.74 Å². The number of amides is 1. The Morgan fingerprint density at radius 3 is 2.88 bits per heavy atom.